The smallest absolute Gasteiger partial charge is 0.437 e. The van der Waals surface area contributed by atoms with Gasteiger partial charge in [0.15, 0.2) is 6.61 Å². The standard InChI is InChI=1S/C17H28NO2.C15H16F6O3.C8H13F3O2.C7H3I3O2.C3H4F4/c1-6-17(2,3)16(19)20-13-12-18(4,5)14-15-10-8-7-9-11-15;1-3-9(2)11-6-4-10(5-7-11)8-24-12(22)13(23,14(16,17)18)15(19,20)21;1-4-7(2,3)6(12)13-5-8(9,10)11;8-3-1-4(7(11)12)6(10)5(9)2-3;1-3(6,7)2(4)5/h7-11H,6,12-14H2,1-5H3;4-7,9,23H,3,8H2,1-2H3;4-5H2,1-3H3;1-2H,(H,11,12);2H,1H3/q+1;;;;/p-1. The number of carboxylic acid groups (broad SMARTS) is 1. The van der Waals surface area contributed by atoms with Crippen molar-refractivity contribution in [1.82, 2.24) is 0 Å². The highest BCUT2D eigenvalue weighted by Crippen LogP contribution is 2.44. The highest BCUT2D eigenvalue weighted by atomic mass is 127. The Hall–Kier alpha value is -3.26. The molecule has 0 saturated carbocycles. The molecule has 0 radical (unpaired) electrons. The zero-order chi connectivity index (χ0) is 60.1. The first-order valence-corrected chi connectivity index (χ1v) is 25.9. The van der Waals surface area contributed by atoms with Gasteiger partial charge in [-0.05, 0) is 144 Å². The van der Waals surface area contributed by atoms with Crippen LogP contribution in [0.3, 0.4) is 0 Å². The van der Waals surface area contributed by atoms with Crippen LogP contribution in [0.4, 0.5) is 57.1 Å². The van der Waals surface area contributed by atoms with Gasteiger partial charge in [0.05, 0.1) is 30.9 Å². The number of aliphatic hydroxyl groups is 1. The van der Waals surface area contributed by atoms with Gasteiger partial charge in [0.1, 0.15) is 26.3 Å². The summed E-state index contributed by atoms with van der Waals surface area (Å²) in [5, 5.41) is 19.5. The quantitative estimate of drug-likeness (QED) is 0.0349. The van der Waals surface area contributed by atoms with Gasteiger partial charge in [-0.1, -0.05) is 82.3 Å². The van der Waals surface area contributed by atoms with Gasteiger partial charge in [0, 0.05) is 28.8 Å². The lowest BCUT2D eigenvalue weighted by Crippen LogP contribution is -2.62. The van der Waals surface area contributed by atoms with E-state index in [1.807, 2.05) is 69.3 Å². The van der Waals surface area contributed by atoms with Crippen LogP contribution in [0.2, 0.25) is 0 Å². The van der Waals surface area contributed by atoms with Crippen molar-refractivity contribution < 1.29 is 105 Å². The van der Waals surface area contributed by atoms with Gasteiger partial charge in [0.2, 0.25) is 0 Å². The van der Waals surface area contributed by atoms with E-state index in [-0.39, 0.29) is 35.4 Å². The Bertz CT molecular complexity index is 2240. The van der Waals surface area contributed by atoms with E-state index in [9.17, 15) is 81.4 Å². The topological polar surface area (TPSA) is 139 Å². The Morgan fingerprint density at radius 2 is 1.12 bits per heavy atom. The van der Waals surface area contributed by atoms with Crippen molar-refractivity contribution in [2.45, 2.75) is 137 Å². The fourth-order valence-corrected chi connectivity index (χ4v) is 7.27. The first-order valence-electron chi connectivity index (χ1n) is 22.7. The molecule has 1 N–H and O–H groups in total. The van der Waals surface area contributed by atoms with Crippen LogP contribution in [0, 0.1) is 21.5 Å². The molecule has 3 aromatic carbocycles. The molecule has 0 heterocycles. The minimum absolute atomic E-state index is 0.0975. The number of quaternary nitrogens is 1. The Labute approximate surface area is 475 Å². The molecule has 1 atom stereocenters. The lowest BCUT2D eigenvalue weighted by molar-refractivity contribution is -0.903. The maximum absolute atomic E-state index is 12.5. The number of hydrogen-bond donors (Lipinski definition) is 1. The number of aromatic carboxylic acids is 1. The van der Waals surface area contributed by atoms with Crippen LogP contribution in [-0.4, -0.2) is 104 Å². The molecule has 0 bridgehead atoms. The number of nitrogens with zero attached hydrogens (tertiary/aromatic N) is 1. The molecule has 0 aromatic heterocycles. The van der Waals surface area contributed by atoms with E-state index in [0.29, 0.717) is 13.0 Å². The number of ether oxygens (including phenoxy) is 3. The second-order valence-electron chi connectivity index (χ2n) is 18.7. The molecule has 1 unspecified atom stereocenters. The SMILES string of the molecule is CC(F)(F)C(F)F.CCC(C)(C)C(=O)OCC(F)(F)F.CCC(C)(C)C(=O)OCC[N+](C)(C)Cc1ccccc1.CCC(C)c1ccc(COC(=O)C(O)(C(F)(F)F)C(F)(F)F)cc1.O=C([O-])c1cc(I)cc(I)c1I. The summed E-state index contributed by atoms with van der Waals surface area (Å²) in [7, 11) is 4.32. The maximum Gasteiger partial charge on any atom is 0.437 e. The molecule has 0 amide bonds. The summed E-state index contributed by atoms with van der Waals surface area (Å²) < 4.78 is 171. The van der Waals surface area contributed by atoms with Gasteiger partial charge in [-0.3, -0.25) is 9.59 Å². The van der Waals surface area contributed by atoms with Crippen LogP contribution in [-0.2, 0) is 41.7 Å². The first kappa shape index (κ1) is 74.8. The zero-order valence-corrected chi connectivity index (χ0v) is 49.8. The monoisotopic (exact) mass is 1450 g/mol. The molecule has 76 heavy (non-hydrogen) atoms. The molecule has 0 aliphatic heterocycles. The molecule has 0 fully saturated rings. The largest absolute Gasteiger partial charge is 0.545 e. The van der Waals surface area contributed by atoms with Crippen LogP contribution >= 0.6 is 67.8 Å². The van der Waals surface area contributed by atoms with Gasteiger partial charge in [-0.15, -0.1) is 0 Å². The van der Waals surface area contributed by atoms with Gasteiger partial charge < -0.3 is 33.7 Å². The lowest BCUT2D eigenvalue weighted by atomic mass is 9.91. The molecule has 26 heteroatoms. The molecule has 0 aliphatic rings. The zero-order valence-electron chi connectivity index (χ0n) is 43.4. The van der Waals surface area contributed by atoms with Crippen LogP contribution in [0.5, 0.6) is 0 Å². The van der Waals surface area contributed by atoms with Gasteiger partial charge in [-0.2, -0.15) is 39.5 Å². The predicted molar refractivity (Wildman–Crippen MR) is 281 cm³/mol. The molecule has 10 nitrogen and oxygen atoms in total. The molecule has 0 saturated heterocycles. The lowest BCUT2D eigenvalue weighted by Gasteiger charge is -2.30. The summed E-state index contributed by atoms with van der Waals surface area (Å²) in [5.41, 5.74) is -4.08. The van der Waals surface area contributed by atoms with Gasteiger partial charge in [-0.25, -0.2) is 22.4 Å². The fraction of sp³-hybridized carbons (Fsp3) is 0.560. The average molecular weight is 1450 g/mol. The van der Waals surface area contributed by atoms with E-state index in [0.717, 1.165) is 46.7 Å². The fourth-order valence-electron chi connectivity index (χ4n) is 4.90. The molecular formula is C50H63F13I3NO9. The Kier molecular flexibility index (Phi) is 31.6. The number of carbonyl (C=O) groups is 4. The van der Waals surface area contributed by atoms with Gasteiger partial charge >= 0.3 is 54.4 Å². The van der Waals surface area contributed by atoms with Crippen molar-refractivity contribution in [3.8, 4) is 0 Å². The second kappa shape index (κ2) is 32.1. The molecule has 0 spiro atoms. The van der Waals surface area contributed by atoms with E-state index in [4.69, 9.17) is 9.84 Å². The van der Waals surface area contributed by atoms with E-state index < -0.39 is 73.0 Å². The third-order valence-corrected chi connectivity index (χ3v) is 14.5. The molecule has 0 aliphatic carbocycles. The van der Waals surface area contributed by atoms with Crippen LogP contribution in [0.25, 0.3) is 0 Å². The minimum Gasteiger partial charge on any atom is -0.545 e. The van der Waals surface area contributed by atoms with E-state index in [1.54, 1.807) is 39.0 Å². The Balaban J connectivity index is 0. The maximum atomic E-state index is 12.5. The number of benzene rings is 3. The summed E-state index contributed by atoms with van der Waals surface area (Å²) in [4.78, 5) is 44.8. The van der Waals surface area contributed by atoms with E-state index in [2.05, 4.69) is 93.0 Å². The number of rotatable bonds is 17. The highest BCUT2D eigenvalue weighted by molar-refractivity contribution is 14.1. The predicted octanol–water partition coefficient (Wildman–Crippen LogP) is 13.6. The van der Waals surface area contributed by atoms with Crippen molar-refractivity contribution in [2.75, 3.05) is 33.9 Å². The number of likely N-dealkylation sites (N-methyl/N-ethyl adjacent to an activating group) is 1. The van der Waals surface area contributed by atoms with E-state index in [1.165, 1.54) is 17.7 Å². The van der Waals surface area contributed by atoms with Gasteiger partial charge in [0.25, 0.3) is 0 Å². The first-order chi connectivity index (χ1) is 34.3. The third-order valence-electron chi connectivity index (χ3n) is 10.9. The number of carboxylic acids is 1. The summed E-state index contributed by atoms with van der Waals surface area (Å²) in [6.07, 6.45) is -18.4. The van der Waals surface area contributed by atoms with Crippen molar-refractivity contribution in [3.05, 3.63) is 99.7 Å². The Morgan fingerprint density at radius 1 is 0.671 bits per heavy atom. The summed E-state index contributed by atoms with van der Waals surface area (Å²) in [5.74, 6) is -8.45. The van der Waals surface area contributed by atoms with Crippen molar-refractivity contribution in [1.29, 1.82) is 0 Å². The van der Waals surface area contributed by atoms with Crippen molar-refractivity contribution >= 4 is 91.6 Å². The van der Waals surface area contributed by atoms with Crippen LogP contribution < -0.4 is 5.11 Å². The molecule has 3 aromatic rings. The average Bonchev–Trinajstić information content (AvgIpc) is 3.30. The van der Waals surface area contributed by atoms with E-state index >= 15 is 0 Å². The number of hydrogen-bond acceptors (Lipinski definition) is 9. The summed E-state index contributed by atoms with van der Waals surface area (Å²) in [6.45, 7) is 14.7. The Morgan fingerprint density at radius 3 is 1.50 bits per heavy atom. The number of esters is 3. The minimum atomic E-state index is -6.25. The second-order valence-corrected chi connectivity index (χ2v) is 22.2. The van der Waals surface area contributed by atoms with Crippen LogP contribution in [0.1, 0.15) is 115 Å². The highest BCUT2D eigenvalue weighted by Gasteiger charge is 2.76. The normalized spacial score (nSPS) is 12.7. The third kappa shape index (κ3) is 27.6. The number of carbonyl (C=O) groups excluding carboxylic acids is 4. The molecule has 3 rings (SSSR count). The summed E-state index contributed by atoms with van der Waals surface area (Å²) >= 11 is 6.19. The number of halogens is 16. The number of alkyl halides is 13. The molecule has 434 valence electrons. The molecular weight excluding hydrogens is 1390 g/mol. The van der Waals surface area contributed by atoms with Crippen molar-refractivity contribution in [3.63, 3.8) is 0 Å². The summed E-state index contributed by atoms with van der Waals surface area (Å²) in [6, 6.07) is 20.1. The van der Waals surface area contributed by atoms with Crippen molar-refractivity contribution in [2.24, 2.45) is 10.8 Å². The van der Waals surface area contributed by atoms with Crippen LogP contribution in [0.15, 0.2) is 66.7 Å².